The van der Waals surface area contributed by atoms with Gasteiger partial charge in [0.2, 0.25) is 10.0 Å². The SMILES string of the molecule is CCOC(=O)C[C@@H](NS(=O)(=O)c1ccc2ccccc2c1)c1ccccc1. The van der Waals surface area contributed by atoms with E-state index in [0.29, 0.717) is 5.56 Å². The Morgan fingerprint density at radius 2 is 1.63 bits per heavy atom. The average Bonchev–Trinajstić information content (AvgIpc) is 2.68. The minimum atomic E-state index is -3.82. The quantitative estimate of drug-likeness (QED) is 0.630. The van der Waals surface area contributed by atoms with Crippen LogP contribution in [0.1, 0.15) is 24.9 Å². The van der Waals surface area contributed by atoms with E-state index in [1.54, 1.807) is 49.4 Å². The minimum absolute atomic E-state index is 0.0787. The van der Waals surface area contributed by atoms with Crippen LogP contribution in [0.15, 0.2) is 77.7 Å². The van der Waals surface area contributed by atoms with E-state index in [1.807, 2.05) is 30.3 Å². The molecule has 140 valence electrons. The largest absolute Gasteiger partial charge is 0.466 e. The summed E-state index contributed by atoms with van der Waals surface area (Å²) in [6.45, 7) is 1.96. The van der Waals surface area contributed by atoms with Gasteiger partial charge in [0.25, 0.3) is 0 Å². The molecule has 5 nitrogen and oxygen atoms in total. The van der Waals surface area contributed by atoms with Gasteiger partial charge < -0.3 is 4.74 Å². The molecule has 0 amide bonds. The smallest absolute Gasteiger partial charge is 0.307 e. The molecule has 0 saturated heterocycles. The first-order valence-corrected chi connectivity index (χ1v) is 10.2. The van der Waals surface area contributed by atoms with Crippen molar-refractivity contribution in [3.8, 4) is 0 Å². The standard InChI is InChI=1S/C21H21NO4S/c1-2-26-21(23)15-20(17-9-4-3-5-10-17)22-27(24,25)19-13-12-16-8-6-7-11-18(16)14-19/h3-14,20,22H,2,15H2,1H3/t20-/m1/s1. The molecule has 0 bridgehead atoms. The van der Waals surface area contributed by atoms with Crippen LogP contribution in [0, 0.1) is 0 Å². The molecule has 6 heteroatoms. The van der Waals surface area contributed by atoms with Crippen LogP contribution in [0.2, 0.25) is 0 Å². The lowest BCUT2D eigenvalue weighted by Crippen LogP contribution is -2.30. The number of esters is 1. The van der Waals surface area contributed by atoms with Crippen LogP contribution in [0.5, 0.6) is 0 Å². The van der Waals surface area contributed by atoms with E-state index in [9.17, 15) is 13.2 Å². The third kappa shape index (κ3) is 4.72. The molecule has 0 radical (unpaired) electrons. The number of benzene rings is 3. The van der Waals surface area contributed by atoms with Gasteiger partial charge in [0.1, 0.15) is 0 Å². The monoisotopic (exact) mass is 383 g/mol. The molecule has 0 saturated carbocycles. The van der Waals surface area contributed by atoms with Crippen LogP contribution in [0.4, 0.5) is 0 Å². The first-order chi connectivity index (χ1) is 13.0. The molecular weight excluding hydrogens is 362 g/mol. The van der Waals surface area contributed by atoms with Gasteiger partial charge in [-0.15, -0.1) is 0 Å². The van der Waals surface area contributed by atoms with Gasteiger partial charge in [-0.1, -0.05) is 60.7 Å². The Kier molecular flexibility index (Phi) is 5.88. The molecule has 0 fully saturated rings. The van der Waals surface area contributed by atoms with Crippen molar-refractivity contribution in [1.82, 2.24) is 4.72 Å². The molecule has 0 aliphatic rings. The molecule has 0 aromatic heterocycles. The van der Waals surface area contributed by atoms with Crippen molar-refractivity contribution in [2.75, 3.05) is 6.61 Å². The molecule has 1 N–H and O–H groups in total. The first kappa shape index (κ1) is 19.1. The summed E-state index contributed by atoms with van der Waals surface area (Å²) in [5.41, 5.74) is 0.704. The fourth-order valence-corrected chi connectivity index (χ4v) is 4.15. The number of nitrogens with one attached hydrogen (secondary N) is 1. The normalized spacial score (nSPS) is 12.6. The maximum absolute atomic E-state index is 12.9. The van der Waals surface area contributed by atoms with Crippen molar-refractivity contribution < 1.29 is 17.9 Å². The van der Waals surface area contributed by atoms with Crippen LogP contribution in [-0.2, 0) is 19.6 Å². The van der Waals surface area contributed by atoms with Gasteiger partial charge in [0.15, 0.2) is 0 Å². The van der Waals surface area contributed by atoms with Crippen molar-refractivity contribution in [2.24, 2.45) is 0 Å². The number of rotatable bonds is 7. The van der Waals surface area contributed by atoms with Crippen LogP contribution in [0.3, 0.4) is 0 Å². The second-order valence-corrected chi connectivity index (χ2v) is 7.82. The van der Waals surface area contributed by atoms with Crippen molar-refractivity contribution in [3.05, 3.63) is 78.4 Å². The highest BCUT2D eigenvalue weighted by molar-refractivity contribution is 7.89. The maximum Gasteiger partial charge on any atom is 0.307 e. The summed E-state index contributed by atoms with van der Waals surface area (Å²) in [5, 5.41) is 1.80. The molecule has 0 spiro atoms. The molecule has 0 unspecified atom stereocenters. The zero-order chi connectivity index (χ0) is 19.3. The molecule has 0 aliphatic heterocycles. The van der Waals surface area contributed by atoms with Gasteiger partial charge in [0.05, 0.1) is 24.0 Å². The van der Waals surface area contributed by atoms with E-state index < -0.39 is 22.0 Å². The summed E-state index contributed by atoms with van der Waals surface area (Å²) in [6.07, 6.45) is -0.0787. The van der Waals surface area contributed by atoms with Gasteiger partial charge in [-0.3, -0.25) is 4.79 Å². The van der Waals surface area contributed by atoms with Crippen LogP contribution in [0.25, 0.3) is 10.8 Å². The average molecular weight is 383 g/mol. The summed E-state index contributed by atoms with van der Waals surface area (Å²) in [5.74, 6) is -0.451. The van der Waals surface area contributed by atoms with Crippen LogP contribution in [-0.4, -0.2) is 21.0 Å². The zero-order valence-corrected chi connectivity index (χ0v) is 15.8. The minimum Gasteiger partial charge on any atom is -0.466 e. The van der Waals surface area contributed by atoms with E-state index in [4.69, 9.17) is 4.74 Å². The highest BCUT2D eigenvalue weighted by Crippen LogP contribution is 2.23. The lowest BCUT2D eigenvalue weighted by atomic mass is 10.1. The first-order valence-electron chi connectivity index (χ1n) is 8.71. The number of sulfonamides is 1. The fraction of sp³-hybridized carbons (Fsp3) is 0.190. The lowest BCUT2D eigenvalue weighted by Gasteiger charge is -2.19. The summed E-state index contributed by atoms with van der Waals surface area (Å²) < 4.78 is 33.5. The summed E-state index contributed by atoms with van der Waals surface area (Å²) >= 11 is 0. The van der Waals surface area contributed by atoms with Crippen molar-refractivity contribution in [1.29, 1.82) is 0 Å². The number of hydrogen-bond acceptors (Lipinski definition) is 4. The lowest BCUT2D eigenvalue weighted by molar-refractivity contribution is -0.143. The molecule has 0 heterocycles. The zero-order valence-electron chi connectivity index (χ0n) is 15.0. The molecular formula is C21H21NO4S. The van der Waals surface area contributed by atoms with E-state index in [0.717, 1.165) is 10.8 Å². The van der Waals surface area contributed by atoms with Crippen molar-refractivity contribution in [3.63, 3.8) is 0 Å². The number of carbonyl (C=O) groups excluding carboxylic acids is 1. The Bertz CT molecular complexity index is 1030. The number of fused-ring (bicyclic) bond motifs is 1. The predicted molar refractivity (Wildman–Crippen MR) is 105 cm³/mol. The van der Waals surface area contributed by atoms with E-state index >= 15 is 0 Å². The highest BCUT2D eigenvalue weighted by Gasteiger charge is 2.24. The van der Waals surface area contributed by atoms with Gasteiger partial charge in [-0.25, -0.2) is 13.1 Å². The Morgan fingerprint density at radius 3 is 2.33 bits per heavy atom. The Hall–Kier alpha value is -2.70. The van der Waals surface area contributed by atoms with Gasteiger partial charge in [0, 0.05) is 0 Å². The molecule has 3 aromatic rings. The second-order valence-electron chi connectivity index (χ2n) is 6.10. The topological polar surface area (TPSA) is 72.5 Å². The summed E-state index contributed by atoms with van der Waals surface area (Å²) in [4.78, 5) is 12.1. The van der Waals surface area contributed by atoms with E-state index in [1.165, 1.54) is 0 Å². The predicted octanol–water partition coefficient (Wildman–Crippen LogP) is 3.81. The van der Waals surface area contributed by atoms with Gasteiger partial charge >= 0.3 is 5.97 Å². The Labute approximate surface area is 159 Å². The summed E-state index contributed by atoms with van der Waals surface area (Å²) in [6, 6.07) is 20.8. The number of ether oxygens (including phenoxy) is 1. The summed E-state index contributed by atoms with van der Waals surface area (Å²) in [7, 11) is -3.82. The van der Waals surface area contributed by atoms with Crippen molar-refractivity contribution in [2.45, 2.75) is 24.3 Å². The molecule has 3 rings (SSSR count). The Balaban J connectivity index is 1.91. The number of hydrogen-bond donors (Lipinski definition) is 1. The maximum atomic E-state index is 12.9. The fourth-order valence-electron chi connectivity index (χ4n) is 2.89. The molecule has 3 aromatic carbocycles. The number of carbonyl (C=O) groups is 1. The van der Waals surface area contributed by atoms with E-state index in [-0.39, 0.29) is 17.9 Å². The second kappa shape index (κ2) is 8.33. The third-order valence-corrected chi connectivity index (χ3v) is 5.68. The Morgan fingerprint density at radius 1 is 0.963 bits per heavy atom. The molecule has 1 atom stereocenters. The van der Waals surface area contributed by atoms with Crippen molar-refractivity contribution >= 4 is 26.8 Å². The van der Waals surface area contributed by atoms with Crippen LogP contribution < -0.4 is 4.72 Å². The highest BCUT2D eigenvalue weighted by atomic mass is 32.2. The van der Waals surface area contributed by atoms with Crippen LogP contribution >= 0.6 is 0 Å². The molecule has 27 heavy (non-hydrogen) atoms. The van der Waals surface area contributed by atoms with Gasteiger partial charge in [-0.05, 0) is 35.4 Å². The third-order valence-electron chi connectivity index (χ3n) is 4.21. The van der Waals surface area contributed by atoms with Gasteiger partial charge in [-0.2, -0.15) is 0 Å². The van der Waals surface area contributed by atoms with E-state index in [2.05, 4.69) is 4.72 Å². The molecule has 0 aliphatic carbocycles.